The zero-order valence-corrected chi connectivity index (χ0v) is 9.70. The quantitative estimate of drug-likeness (QED) is 0.769. The Kier molecular flexibility index (Phi) is 2.38. The van der Waals surface area contributed by atoms with E-state index in [4.69, 9.17) is 9.63 Å². The van der Waals surface area contributed by atoms with E-state index in [0.717, 1.165) is 17.5 Å². The molecule has 1 aromatic carbocycles. The molecule has 0 radical (unpaired) electrons. The van der Waals surface area contributed by atoms with Crippen LogP contribution in [0.5, 0.6) is 0 Å². The third-order valence-corrected chi connectivity index (χ3v) is 3.68. The lowest BCUT2D eigenvalue weighted by atomic mass is 10.2. The molecule has 0 aliphatic heterocycles. The van der Waals surface area contributed by atoms with E-state index in [1.54, 1.807) is 18.2 Å². The van der Waals surface area contributed by atoms with Crippen LogP contribution >= 0.6 is 11.3 Å². The molecule has 0 fully saturated rings. The van der Waals surface area contributed by atoms with Gasteiger partial charge in [0.15, 0.2) is 5.76 Å². The number of carbonyl (C=O) groups is 1. The molecule has 0 saturated carbocycles. The van der Waals surface area contributed by atoms with Gasteiger partial charge in [0.2, 0.25) is 0 Å². The second-order valence-electron chi connectivity index (χ2n) is 3.64. The molecule has 0 unspecified atom stereocenters. The van der Waals surface area contributed by atoms with Gasteiger partial charge in [0.1, 0.15) is 11.4 Å². The minimum atomic E-state index is -1.12. The molecule has 0 spiro atoms. The molecule has 0 aliphatic rings. The Morgan fingerprint density at radius 3 is 3.00 bits per heavy atom. The molecule has 0 atom stereocenters. The highest BCUT2D eigenvalue weighted by Gasteiger charge is 2.19. The molecule has 6 heteroatoms. The van der Waals surface area contributed by atoms with Crippen molar-refractivity contribution >= 4 is 27.4 Å². The lowest BCUT2D eigenvalue weighted by Crippen LogP contribution is -1.94. The number of thiophene rings is 1. The van der Waals surface area contributed by atoms with Crippen molar-refractivity contribution in [1.29, 1.82) is 0 Å². The number of rotatable bonds is 2. The first-order chi connectivity index (χ1) is 8.66. The minimum Gasteiger partial charge on any atom is -0.477 e. The first kappa shape index (κ1) is 10.9. The van der Waals surface area contributed by atoms with Crippen molar-refractivity contribution in [3.05, 3.63) is 41.8 Å². The van der Waals surface area contributed by atoms with Gasteiger partial charge in [-0.25, -0.2) is 9.18 Å². The highest BCUT2D eigenvalue weighted by atomic mass is 32.1. The number of halogens is 1. The maximum Gasteiger partial charge on any atom is 0.341 e. The number of aromatic nitrogens is 1. The van der Waals surface area contributed by atoms with Gasteiger partial charge in [-0.2, -0.15) is 0 Å². The highest BCUT2D eigenvalue weighted by Crippen LogP contribution is 2.36. The van der Waals surface area contributed by atoms with Crippen LogP contribution in [0.2, 0.25) is 0 Å². The first-order valence-electron chi connectivity index (χ1n) is 5.03. The van der Waals surface area contributed by atoms with Crippen LogP contribution in [-0.4, -0.2) is 16.2 Å². The molecule has 0 aliphatic carbocycles. The summed E-state index contributed by atoms with van der Waals surface area (Å²) in [6, 6.07) is 6.42. The average Bonchev–Trinajstić information content (AvgIpc) is 2.95. The molecule has 2 aromatic heterocycles. The van der Waals surface area contributed by atoms with Crippen molar-refractivity contribution in [1.82, 2.24) is 5.16 Å². The molecule has 18 heavy (non-hydrogen) atoms. The van der Waals surface area contributed by atoms with E-state index < -0.39 is 5.97 Å². The van der Waals surface area contributed by atoms with E-state index in [1.165, 1.54) is 6.07 Å². The molecule has 0 saturated heterocycles. The summed E-state index contributed by atoms with van der Waals surface area (Å²) in [5.74, 6) is -1.30. The molecule has 3 aromatic rings. The predicted octanol–water partition coefficient (Wildman–Crippen LogP) is 3.39. The molecule has 4 nitrogen and oxygen atoms in total. The van der Waals surface area contributed by atoms with Crippen molar-refractivity contribution in [3.8, 4) is 10.6 Å². The summed E-state index contributed by atoms with van der Waals surface area (Å²) in [5.41, 5.74) is -0.0260. The van der Waals surface area contributed by atoms with E-state index in [0.29, 0.717) is 15.0 Å². The maximum atomic E-state index is 13.5. The van der Waals surface area contributed by atoms with Crippen LogP contribution in [0.1, 0.15) is 10.4 Å². The van der Waals surface area contributed by atoms with Crippen LogP contribution in [0.25, 0.3) is 20.7 Å². The molecule has 1 N–H and O–H groups in total. The minimum absolute atomic E-state index is 0.0260. The fourth-order valence-corrected chi connectivity index (χ4v) is 2.77. The molecule has 3 rings (SSSR count). The number of hydrogen-bond acceptors (Lipinski definition) is 4. The Bertz CT molecular complexity index is 747. The molecule has 90 valence electrons. The summed E-state index contributed by atoms with van der Waals surface area (Å²) in [6.45, 7) is 0. The zero-order valence-electron chi connectivity index (χ0n) is 8.88. The monoisotopic (exact) mass is 263 g/mol. The van der Waals surface area contributed by atoms with Gasteiger partial charge in [-0.15, -0.1) is 11.3 Å². The van der Waals surface area contributed by atoms with E-state index in [2.05, 4.69) is 5.16 Å². The van der Waals surface area contributed by atoms with Gasteiger partial charge >= 0.3 is 5.97 Å². The molecule has 0 bridgehead atoms. The number of hydrogen-bond donors (Lipinski definition) is 1. The molecular formula is C12H6FNO3S. The van der Waals surface area contributed by atoms with Crippen molar-refractivity contribution < 1.29 is 18.8 Å². The Morgan fingerprint density at radius 1 is 1.44 bits per heavy atom. The van der Waals surface area contributed by atoms with Crippen LogP contribution in [0.4, 0.5) is 4.39 Å². The predicted molar refractivity (Wildman–Crippen MR) is 64.2 cm³/mol. The Labute approximate surface area is 104 Å². The third kappa shape index (κ3) is 1.58. The van der Waals surface area contributed by atoms with Gasteiger partial charge in [-0.3, -0.25) is 0 Å². The standard InChI is InChI=1S/C12H6FNO3S/c13-8-3-1-2-6-4-9(18-11(6)8)10-7(12(15)16)5-14-17-10/h1-5H,(H,15,16). The summed E-state index contributed by atoms with van der Waals surface area (Å²) < 4.78 is 19.0. The van der Waals surface area contributed by atoms with Crippen molar-refractivity contribution in [2.24, 2.45) is 0 Å². The van der Waals surface area contributed by atoms with Crippen molar-refractivity contribution in [3.63, 3.8) is 0 Å². The third-order valence-electron chi connectivity index (χ3n) is 2.52. The lowest BCUT2D eigenvalue weighted by Gasteiger charge is -1.91. The van der Waals surface area contributed by atoms with Gasteiger partial charge in [0.05, 0.1) is 15.8 Å². The zero-order chi connectivity index (χ0) is 12.7. The Balaban J connectivity index is 2.23. The number of carboxylic acids is 1. The van der Waals surface area contributed by atoms with Crippen LogP contribution < -0.4 is 0 Å². The highest BCUT2D eigenvalue weighted by molar-refractivity contribution is 7.22. The topological polar surface area (TPSA) is 63.3 Å². The fraction of sp³-hybridized carbons (Fsp3) is 0. The summed E-state index contributed by atoms with van der Waals surface area (Å²) in [6.07, 6.45) is 1.14. The van der Waals surface area contributed by atoms with Gasteiger partial charge < -0.3 is 9.63 Å². The van der Waals surface area contributed by atoms with Crippen molar-refractivity contribution in [2.75, 3.05) is 0 Å². The van der Waals surface area contributed by atoms with Gasteiger partial charge in [0, 0.05) is 0 Å². The number of nitrogens with zero attached hydrogens (tertiary/aromatic N) is 1. The average molecular weight is 263 g/mol. The van der Waals surface area contributed by atoms with Gasteiger partial charge in [0.25, 0.3) is 0 Å². The largest absolute Gasteiger partial charge is 0.477 e. The second-order valence-corrected chi connectivity index (χ2v) is 4.69. The summed E-state index contributed by atoms with van der Waals surface area (Å²) in [7, 11) is 0. The van der Waals surface area contributed by atoms with Crippen LogP contribution in [0.3, 0.4) is 0 Å². The smallest absolute Gasteiger partial charge is 0.341 e. The summed E-state index contributed by atoms with van der Waals surface area (Å²) in [5, 5.41) is 13.2. The number of carboxylic acid groups (broad SMARTS) is 1. The summed E-state index contributed by atoms with van der Waals surface area (Å²) in [4.78, 5) is 11.5. The van der Waals surface area contributed by atoms with E-state index in [-0.39, 0.29) is 17.1 Å². The fourth-order valence-electron chi connectivity index (χ4n) is 1.71. The molecule has 2 heterocycles. The second kappa shape index (κ2) is 3.92. The number of aromatic carboxylic acids is 1. The van der Waals surface area contributed by atoms with Crippen molar-refractivity contribution in [2.45, 2.75) is 0 Å². The van der Waals surface area contributed by atoms with E-state index in [9.17, 15) is 9.18 Å². The van der Waals surface area contributed by atoms with Gasteiger partial charge in [-0.1, -0.05) is 17.3 Å². The van der Waals surface area contributed by atoms with E-state index >= 15 is 0 Å². The Morgan fingerprint density at radius 2 is 2.28 bits per heavy atom. The first-order valence-corrected chi connectivity index (χ1v) is 5.85. The molecular weight excluding hydrogens is 257 g/mol. The normalized spacial score (nSPS) is 10.9. The van der Waals surface area contributed by atoms with E-state index in [1.807, 2.05) is 0 Å². The van der Waals surface area contributed by atoms with Crippen LogP contribution in [0.15, 0.2) is 35.0 Å². The van der Waals surface area contributed by atoms with Gasteiger partial charge in [-0.05, 0) is 17.5 Å². The summed E-state index contributed by atoms with van der Waals surface area (Å²) >= 11 is 1.14. The SMILES string of the molecule is O=C(O)c1cnoc1-c1cc2cccc(F)c2s1. The number of fused-ring (bicyclic) bond motifs is 1. The van der Waals surface area contributed by atoms with Crippen LogP contribution in [0, 0.1) is 5.82 Å². The van der Waals surface area contributed by atoms with Crippen LogP contribution in [-0.2, 0) is 0 Å². The maximum absolute atomic E-state index is 13.5. The Hall–Kier alpha value is -2.21. The lowest BCUT2D eigenvalue weighted by molar-refractivity contribution is 0.0697. The number of benzene rings is 1. The molecule has 0 amide bonds.